The molecule has 2 aromatic rings. The summed E-state index contributed by atoms with van der Waals surface area (Å²) in [7, 11) is 3.14. The molecule has 0 fully saturated rings. The van der Waals surface area contributed by atoms with E-state index in [-0.39, 0.29) is 6.61 Å². The first-order valence-electron chi connectivity index (χ1n) is 6.92. The van der Waals surface area contributed by atoms with Crippen molar-refractivity contribution in [3.05, 3.63) is 54.1 Å². The van der Waals surface area contributed by atoms with Crippen LogP contribution in [0.15, 0.2) is 48.5 Å². The molecule has 0 aliphatic heterocycles. The SMILES string of the molecule is COc1ccc(C#CCOC(=O)Nc2ccccc2)c(OC)c1. The highest BCUT2D eigenvalue weighted by molar-refractivity contribution is 5.84. The van der Waals surface area contributed by atoms with Gasteiger partial charge in [0.25, 0.3) is 0 Å². The molecule has 0 aliphatic carbocycles. The Labute approximate surface area is 135 Å². The number of anilines is 1. The number of benzene rings is 2. The summed E-state index contributed by atoms with van der Waals surface area (Å²) in [6.07, 6.45) is -0.549. The summed E-state index contributed by atoms with van der Waals surface area (Å²) in [6, 6.07) is 14.4. The molecule has 0 bridgehead atoms. The molecule has 0 heterocycles. The molecule has 2 rings (SSSR count). The third-order valence-corrected chi connectivity index (χ3v) is 2.93. The molecule has 23 heavy (non-hydrogen) atoms. The van der Waals surface area contributed by atoms with E-state index in [0.29, 0.717) is 22.7 Å². The Hall–Kier alpha value is -3.13. The van der Waals surface area contributed by atoms with E-state index < -0.39 is 6.09 Å². The van der Waals surface area contributed by atoms with E-state index in [4.69, 9.17) is 14.2 Å². The number of methoxy groups -OCH3 is 2. The highest BCUT2D eigenvalue weighted by Crippen LogP contribution is 2.23. The van der Waals surface area contributed by atoms with Crippen LogP contribution in [0.5, 0.6) is 11.5 Å². The van der Waals surface area contributed by atoms with Gasteiger partial charge in [0, 0.05) is 11.8 Å². The van der Waals surface area contributed by atoms with Crippen molar-refractivity contribution < 1.29 is 19.0 Å². The highest BCUT2D eigenvalue weighted by atomic mass is 16.5. The van der Waals surface area contributed by atoms with Gasteiger partial charge >= 0.3 is 6.09 Å². The summed E-state index contributed by atoms with van der Waals surface area (Å²) >= 11 is 0. The van der Waals surface area contributed by atoms with E-state index in [2.05, 4.69) is 17.2 Å². The Morgan fingerprint density at radius 1 is 1.09 bits per heavy atom. The number of rotatable bonds is 4. The normalized spacial score (nSPS) is 9.30. The minimum Gasteiger partial charge on any atom is -0.497 e. The maximum absolute atomic E-state index is 11.6. The second kappa shape index (κ2) is 8.35. The van der Waals surface area contributed by atoms with Crippen molar-refractivity contribution in [2.45, 2.75) is 0 Å². The van der Waals surface area contributed by atoms with Gasteiger partial charge in [-0.3, -0.25) is 5.32 Å². The lowest BCUT2D eigenvalue weighted by atomic mass is 10.2. The van der Waals surface area contributed by atoms with Crippen molar-refractivity contribution in [3.63, 3.8) is 0 Å². The quantitative estimate of drug-likeness (QED) is 0.880. The van der Waals surface area contributed by atoms with E-state index in [1.54, 1.807) is 44.6 Å². The smallest absolute Gasteiger partial charge is 0.412 e. The van der Waals surface area contributed by atoms with Crippen molar-refractivity contribution in [3.8, 4) is 23.3 Å². The van der Waals surface area contributed by atoms with Crippen molar-refractivity contribution in [2.24, 2.45) is 0 Å². The number of ether oxygens (including phenoxy) is 3. The maximum atomic E-state index is 11.6. The van der Waals surface area contributed by atoms with Gasteiger partial charge in [-0.15, -0.1) is 0 Å². The first-order valence-corrected chi connectivity index (χ1v) is 6.92. The van der Waals surface area contributed by atoms with Gasteiger partial charge < -0.3 is 14.2 Å². The van der Waals surface area contributed by atoms with Gasteiger partial charge in [-0.25, -0.2) is 4.79 Å². The van der Waals surface area contributed by atoms with E-state index in [1.165, 1.54) is 0 Å². The molecule has 0 radical (unpaired) electrons. The number of hydrogen-bond donors (Lipinski definition) is 1. The summed E-state index contributed by atoms with van der Waals surface area (Å²) < 4.78 is 15.4. The lowest BCUT2D eigenvalue weighted by molar-refractivity contribution is 0.176. The molecule has 0 spiro atoms. The third kappa shape index (κ3) is 4.97. The Balaban J connectivity index is 1.89. The van der Waals surface area contributed by atoms with Crippen LogP contribution in [0.3, 0.4) is 0 Å². The first-order chi connectivity index (χ1) is 11.2. The second-order valence-electron chi connectivity index (χ2n) is 4.44. The summed E-state index contributed by atoms with van der Waals surface area (Å²) in [5, 5.41) is 2.61. The number of carbonyl (C=O) groups is 1. The van der Waals surface area contributed by atoms with Gasteiger partial charge in [-0.2, -0.15) is 0 Å². The average Bonchev–Trinajstić information content (AvgIpc) is 2.59. The van der Waals surface area contributed by atoms with Gasteiger partial charge in [0.1, 0.15) is 11.5 Å². The Morgan fingerprint density at radius 3 is 2.57 bits per heavy atom. The van der Waals surface area contributed by atoms with E-state index in [9.17, 15) is 4.79 Å². The Kier molecular flexibility index (Phi) is 5.89. The average molecular weight is 311 g/mol. The van der Waals surface area contributed by atoms with Gasteiger partial charge in [0.2, 0.25) is 0 Å². The second-order valence-corrected chi connectivity index (χ2v) is 4.44. The van der Waals surface area contributed by atoms with Crippen LogP contribution in [0, 0.1) is 11.8 Å². The number of amides is 1. The fraction of sp³-hybridized carbons (Fsp3) is 0.167. The lowest BCUT2D eigenvalue weighted by Gasteiger charge is -2.06. The minimum absolute atomic E-state index is 0.0200. The molecule has 0 unspecified atom stereocenters. The zero-order valence-corrected chi connectivity index (χ0v) is 13.0. The topological polar surface area (TPSA) is 56.8 Å². The highest BCUT2D eigenvalue weighted by Gasteiger charge is 2.03. The number of hydrogen-bond acceptors (Lipinski definition) is 4. The summed E-state index contributed by atoms with van der Waals surface area (Å²) in [5.41, 5.74) is 1.36. The molecule has 5 heteroatoms. The van der Waals surface area contributed by atoms with Crippen molar-refractivity contribution in [1.29, 1.82) is 0 Å². The Bertz CT molecular complexity index is 717. The van der Waals surface area contributed by atoms with Crippen LogP contribution >= 0.6 is 0 Å². The van der Waals surface area contributed by atoms with E-state index in [0.717, 1.165) is 0 Å². The number of carbonyl (C=O) groups excluding carboxylic acids is 1. The summed E-state index contributed by atoms with van der Waals surface area (Å²) in [6.45, 7) is -0.0200. The zero-order valence-electron chi connectivity index (χ0n) is 13.0. The fourth-order valence-electron chi connectivity index (χ4n) is 1.81. The summed E-state index contributed by atoms with van der Waals surface area (Å²) in [5.74, 6) is 6.96. The van der Waals surface area contributed by atoms with Crippen LogP contribution in [0.4, 0.5) is 10.5 Å². The molecular weight excluding hydrogens is 294 g/mol. The van der Waals surface area contributed by atoms with Crippen LogP contribution in [0.25, 0.3) is 0 Å². The molecule has 118 valence electrons. The van der Waals surface area contributed by atoms with Gasteiger partial charge in [0.05, 0.1) is 19.8 Å². The standard InChI is InChI=1S/C18H17NO4/c1-21-16-11-10-14(17(13-16)22-2)7-6-12-23-18(20)19-15-8-4-3-5-9-15/h3-5,8-11,13H,12H2,1-2H3,(H,19,20). The predicted octanol–water partition coefficient (Wildman–Crippen LogP) is 3.30. The van der Waals surface area contributed by atoms with E-state index >= 15 is 0 Å². The van der Waals surface area contributed by atoms with Gasteiger partial charge in [0.15, 0.2) is 6.61 Å². The monoisotopic (exact) mass is 311 g/mol. The third-order valence-electron chi connectivity index (χ3n) is 2.93. The Morgan fingerprint density at radius 2 is 1.87 bits per heavy atom. The van der Waals surface area contributed by atoms with Crippen molar-refractivity contribution >= 4 is 11.8 Å². The van der Waals surface area contributed by atoms with Gasteiger partial charge in [-0.1, -0.05) is 30.0 Å². The molecule has 0 saturated heterocycles. The van der Waals surface area contributed by atoms with Crippen LogP contribution < -0.4 is 14.8 Å². The van der Waals surface area contributed by atoms with Crippen LogP contribution in [0.2, 0.25) is 0 Å². The number of nitrogens with one attached hydrogen (secondary N) is 1. The maximum Gasteiger partial charge on any atom is 0.412 e. The van der Waals surface area contributed by atoms with Crippen molar-refractivity contribution in [2.75, 3.05) is 26.1 Å². The first kappa shape index (κ1) is 16.2. The molecule has 1 amide bonds. The predicted molar refractivity (Wildman–Crippen MR) is 87.8 cm³/mol. The largest absolute Gasteiger partial charge is 0.497 e. The van der Waals surface area contributed by atoms with Gasteiger partial charge in [-0.05, 0) is 24.3 Å². The zero-order chi connectivity index (χ0) is 16.5. The molecule has 5 nitrogen and oxygen atoms in total. The molecule has 2 aromatic carbocycles. The number of para-hydroxylation sites is 1. The molecule has 0 aromatic heterocycles. The molecule has 1 N–H and O–H groups in total. The minimum atomic E-state index is -0.549. The molecule has 0 aliphatic rings. The molecular formula is C18H17NO4. The van der Waals surface area contributed by atoms with Crippen LogP contribution in [-0.2, 0) is 4.74 Å². The lowest BCUT2D eigenvalue weighted by Crippen LogP contribution is -2.13. The summed E-state index contributed by atoms with van der Waals surface area (Å²) in [4.78, 5) is 11.6. The molecule has 0 saturated carbocycles. The van der Waals surface area contributed by atoms with Crippen LogP contribution in [-0.4, -0.2) is 26.9 Å². The molecule has 0 atom stereocenters. The van der Waals surface area contributed by atoms with Crippen LogP contribution in [0.1, 0.15) is 5.56 Å². The van der Waals surface area contributed by atoms with E-state index in [1.807, 2.05) is 18.2 Å². The fourth-order valence-corrected chi connectivity index (χ4v) is 1.81. The van der Waals surface area contributed by atoms with Crippen molar-refractivity contribution in [1.82, 2.24) is 0 Å².